The molecular formula is C13H14N2O2. The average molecular weight is 230 g/mol. The van der Waals surface area contributed by atoms with Gasteiger partial charge in [0, 0.05) is 5.56 Å². The van der Waals surface area contributed by atoms with Crippen LogP contribution < -0.4 is 11.2 Å². The van der Waals surface area contributed by atoms with Crippen LogP contribution in [0.25, 0.3) is 11.3 Å². The third kappa shape index (κ3) is 2.20. The third-order valence-corrected chi connectivity index (χ3v) is 2.62. The molecule has 0 saturated carbocycles. The van der Waals surface area contributed by atoms with Gasteiger partial charge in [-0.2, -0.15) is 0 Å². The lowest BCUT2D eigenvalue weighted by molar-refractivity contribution is 0.825. The molecule has 0 aliphatic carbocycles. The number of hydrogen-bond acceptors (Lipinski definition) is 2. The minimum atomic E-state index is -0.474. The summed E-state index contributed by atoms with van der Waals surface area (Å²) in [4.78, 5) is 28.1. The van der Waals surface area contributed by atoms with Crippen LogP contribution in [0.5, 0.6) is 0 Å². The van der Waals surface area contributed by atoms with Crippen molar-refractivity contribution in [3.8, 4) is 11.3 Å². The van der Waals surface area contributed by atoms with Gasteiger partial charge in [0.25, 0.3) is 5.56 Å². The molecule has 88 valence electrons. The first-order valence-corrected chi connectivity index (χ1v) is 5.51. The third-order valence-electron chi connectivity index (χ3n) is 2.62. The van der Waals surface area contributed by atoms with Gasteiger partial charge in [0.2, 0.25) is 0 Å². The Balaban J connectivity index is 2.77. The fourth-order valence-electron chi connectivity index (χ4n) is 1.88. The molecule has 0 saturated heterocycles. The zero-order valence-corrected chi connectivity index (χ0v) is 9.78. The summed E-state index contributed by atoms with van der Waals surface area (Å²) >= 11 is 0. The van der Waals surface area contributed by atoms with Crippen molar-refractivity contribution in [2.24, 2.45) is 0 Å². The lowest BCUT2D eigenvalue weighted by atomic mass is 9.98. The van der Waals surface area contributed by atoms with Crippen molar-refractivity contribution in [1.82, 2.24) is 9.97 Å². The Labute approximate surface area is 98.3 Å². The molecule has 0 radical (unpaired) electrons. The van der Waals surface area contributed by atoms with Gasteiger partial charge in [0.1, 0.15) is 0 Å². The molecule has 0 spiro atoms. The Morgan fingerprint density at radius 2 is 1.65 bits per heavy atom. The van der Waals surface area contributed by atoms with Crippen LogP contribution in [-0.4, -0.2) is 9.97 Å². The van der Waals surface area contributed by atoms with Crippen LogP contribution in [0, 0.1) is 0 Å². The molecule has 4 nitrogen and oxygen atoms in total. The molecule has 1 aromatic carbocycles. The molecule has 4 heteroatoms. The molecule has 0 unspecified atom stereocenters. The van der Waals surface area contributed by atoms with Gasteiger partial charge in [-0.1, -0.05) is 44.2 Å². The van der Waals surface area contributed by atoms with Gasteiger partial charge in [0.05, 0.1) is 5.69 Å². The van der Waals surface area contributed by atoms with Gasteiger partial charge < -0.3 is 4.98 Å². The molecule has 2 rings (SSSR count). The SMILES string of the molecule is CC(C)c1c(-c2ccccc2)[nH]c(=O)[nH]c1=O. The number of aromatic amines is 2. The first-order valence-electron chi connectivity index (χ1n) is 5.51. The van der Waals surface area contributed by atoms with Crippen LogP contribution >= 0.6 is 0 Å². The second kappa shape index (κ2) is 4.41. The van der Waals surface area contributed by atoms with Gasteiger partial charge in [-0.15, -0.1) is 0 Å². The van der Waals surface area contributed by atoms with Crippen LogP contribution in [0.3, 0.4) is 0 Å². The molecule has 0 atom stereocenters. The molecule has 2 N–H and O–H groups in total. The number of hydrogen-bond donors (Lipinski definition) is 2. The highest BCUT2D eigenvalue weighted by Gasteiger charge is 2.13. The fourth-order valence-corrected chi connectivity index (χ4v) is 1.88. The monoisotopic (exact) mass is 230 g/mol. The predicted molar refractivity (Wildman–Crippen MR) is 67.2 cm³/mol. The van der Waals surface area contributed by atoms with E-state index in [1.807, 2.05) is 44.2 Å². The van der Waals surface area contributed by atoms with Gasteiger partial charge in [-0.3, -0.25) is 9.78 Å². The van der Waals surface area contributed by atoms with Gasteiger partial charge in [0.15, 0.2) is 0 Å². The number of rotatable bonds is 2. The smallest absolute Gasteiger partial charge is 0.307 e. The zero-order chi connectivity index (χ0) is 12.4. The maximum atomic E-state index is 11.8. The average Bonchev–Trinajstić information content (AvgIpc) is 2.28. The van der Waals surface area contributed by atoms with E-state index in [9.17, 15) is 9.59 Å². The summed E-state index contributed by atoms with van der Waals surface area (Å²) in [5.41, 5.74) is 1.27. The maximum absolute atomic E-state index is 11.8. The maximum Gasteiger partial charge on any atom is 0.326 e. The molecule has 17 heavy (non-hydrogen) atoms. The zero-order valence-electron chi connectivity index (χ0n) is 9.78. The van der Waals surface area contributed by atoms with E-state index in [-0.39, 0.29) is 11.5 Å². The van der Waals surface area contributed by atoms with Crippen LogP contribution in [0.2, 0.25) is 0 Å². The van der Waals surface area contributed by atoms with Crippen molar-refractivity contribution in [1.29, 1.82) is 0 Å². The van der Waals surface area contributed by atoms with Crippen LogP contribution in [0.4, 0.5) is 0 Å². The summed E-state index contributed by atoms with van der Waals surface area (Å²) < 4.78 is 0. The molecule has 0 amide bonds. The first-order chi connectivity index (χ1) is 8.09. The van der Waals surface area contributed by atoms with E-state index >= 15 is 0 Å². The summed E-state index contributed by atoms with van der Waals surface area (Å²) in [7, 11) is 0. The normalized spacial score (nSPS) is 10.8. The summed E-state index contributed by atoms with van der Waals surface area (Å²) in [6, 6.07) is 9.38. The Kier molecular flexibility index (Phi) is 2.95. The molecule has 0 bridgehead atoms. The molecule has 1 heterocycles. The number of aromatic nitrogens is 2. The van der Waals surface area contributed by atoms with Crippen molar-refractivity contribution < 1.29 is 0 Å². The number of H-pyrrole nitrogens is 2. The summed E-state index contributed by atoms with van der Waals surface area (Å²) in [6.07, 6.45) is 0. The summed E-state index contributed by atoms with van der Waals surface area (Å²) in [5.74, 6) is 0.0470. The van der Waals surface area contributed by atoms with Gasteiger partial charge >= 0.3 is 5.69 Å². The first kappa shape index (κ1) is 11.4. The van der Waals surface area contributed by atoms with E-state index in [1.54, 1.807) is 0 Å². The quantitative estimate of drug-likeness (QED) is 0.826. The molecule has 0 fully saturated rings. The van der Waals surface area contributed by atoms with Crippen LogP contribution in [-0.2, 0) is 0 Å². The molecule has 2 aromatic rings. The van der Waals surface area contributed by atoms with E-state index in [2.05, 4.69) is 9.97 Å². The molecular weight excluding hydrogens is 216 g/mol. The van der Waals surface area contributed by atoms with E-state index in [0.717, 1.165) is 5.56 Å². The van der Waals surface area contributed by atoms with Crippen molar-refractivity contribution >= 4 is 0 Å². The number of benzene rings is 1. The molecule has 1 aromatic heterocycles. The molecule has 0 aliphatic heterocycles. The van der Waals surface area contributed by atoms with Crippen molar-refractivity contribution in [2.75, 3.05) is 0 Å². The topological polar surface area (TPSA) is 65.7 Å². The second-order valence-electron chi connectivity index (χ2n) is 4.22. The van der Waals surface area contributed by atoms with Crippen LogP contribution in [0.15, 0.2) is 39.9 Å². The highest BCUT2D eigenvalue weighted by Crippen LogP contribution is 2.22. The summed E-state index contributed by atoms with van der Waals surface area (Å²) in [5, 5.41) is 0. The van der Waals surface area contributed by atoms with Crippen LogP contribution in [0.1, 0.15) is 25.3 Å². The Hall–Kier alpha value is -2.10. The summed E-state index contributed by atoms with van der Waals surface area (Å²) in [6.45, 7) is 3.85. The van der Waals surface area contributed by atoms with E-state index in [4.69, 9.17) is 0 Å². The Morgan fingerprint density at radius 3 is 2.24 bits per heavy atom. The van der Waals surface area contributed by atoms with Gasteiger partial charge in [-0.25, -0.2) is 4.79 Å². The lowest BCUT2D eigenvalue weighted by Crippen LogP contribution is -2.27. The van der Waals surface area contributed by atoms with E-state index in [0.29, 0.717) is 11.3 Å². The highest BCUT2D eigenvalue weighted by atomic mass is 16.2. The standard InChI is InChI=1S/C13H14N2O2/c1-8(2)10-11(9-6-4-3-5-7-9)14-13(17)15-12(10)16/h3-8H,1-2H3,(H2,14,15,16,17). The number of nitrogens with one attached hydrogen (secondary N) is 2. The minimum Gasteiger partial charge on any atom is -0.307 e. The van der Waals surface area contributed by atoms with Gasteiger partial charge in [-0.05, 0) is 11.5 Å². The van der Waals surface area contributed by atoms with Crippen molar-refractivity contribution in [3.05, 3.63) is 56.7 Å². The predicted octanol–water partition coefficient (Wildman–Crippen LogP) is 1.85. The van der Waals surface area contributed by atoms with Crippen molar-refractivity contribution in [2.45, 2.75) is 19.8 Å². The Bertz CT molecular complexity index is 624. The van der Waals surface area contributed by atoms with Crippen molar-refractivity contribution in [3.63, 3.8) is 0 Å². The Morgan fingerprint density at radius 1 is 1.00 bits per heavy atom. The largest absolute Gasteiger partial charge is 0.326 e. The lowest BCUT2D eigenvalue weighted by Gasteiger charge is -2.10. The fraction of sp³-hybridized carbons (Fsp3) is 0.231. The highest BCUT2D eigenvalue weighted by molar-refractivity contribution is 5.62. The van der Waals surface area contributed by atoms with E-state index in [1.165, 1.54) is 0 Å². The second-order valence-corrected chi connectivity index (χ2v) is 4.22. The van der Waals surface area contributed by atoms with E-state index < -0.39 is 5.69 Å². The minimum absolute atomic E-state index is 0.0470. The molecule has 0 aliphatic rings.